The molecule has 0 aliphatic rings. The number of benzene rings is 2. The van der Waals surface area contributed by atoms with E-state index in [-0.39, 0.29) is 5.78 Å². The van der Waals surface area contributed by atoms with Gasteiger partial charge in [0, 0.05) is 17.3 Å². The molecule has 2 rings (SSSR count). The second-order valence-corrected chi connectivity index (χ2v) is 5.95. The van der Waals surface area contributed by atoms with E-state index in [1.807, 2.05) is 31.2 Å². The maximum atomic E-state index is 12.1. The van der Waals surface area contributed by atoms with E-state index < -0.39 is 18.0 Å². The van der Waals surface area contributed by atoms with E-state index in [0.717, 1.165) is 11.1 Å². The fourth-order valence-corrected chi connectivity index (χ4v) is 2.24. The van der Waals surface area contributed by atoms with Crippen LogP contribution in [0.4, 0.5) is 5.69 Å². The molecule has 2 aromatic rings. The van der Waals surface area contributed by atoms with E-state index >= 15 is 0 Å². The van der Waals surface area contributed by atoms with E-state index in [2.05, 4.69) is 5.32 Å². The summed E-state index contributed by atoms with van der Waals surface area (Å²) in [6.45, 7) is 4.93. The van der Waals surface area contributed by atoms with Crippen LogP contribution in [0.15, 0.2) is 54.6 Å². The molecule has 0 spiro atoms. The first-order chi connectivity index (χ1) is 12.3. The van der Waals surface area contributed by atoms with Gasteiger partial charge in [-0.3, -0.25) is 9.59 Å². The Hall–Kier alpha value is -3.21. The van der Waals surface area contributed by atoms with Gasteiger partial charge in [0.15, 0.2) is 11.9 Å². The molecule has 2 aromatic carbocycles. The van der Waals surface area contributed by atoms with Crippen molar-refractivity contribution in [3.05, 3.63) is 71.3 Å². The molecule has 0 saturated heterocycles. The topological polar surface area (TPSA) is 72.5 Å². The van der Waals surface area contributed by atoms with Crippen molar-refractivity contribution < 1.29 is 19.1 Å². The molecule has 0 heterocycles. The van der Waals surface area contributed by atoms with Crippen LogP contribution in [-0.2, 0) is 14.3 Å². The summed E-state index contributed by atoms with van der Waals surface area (Å²) >= 11 is 0. The molecule has 134 valence electrons. The molecule has 1 amide bonds. The van der Waals surface area contributed by atoms with Crippen LogP contribution < -0.4 is 5.32 Å². The zero-order valence-electron chi connectivity index (χ0n) is 15.0. The largest absolute Gasteiger partial charge is 0.449 e. The number of anilines is 1. The van der Waals surface area contributed by atoms with Gasteiger partial charge in [-0.2, -0.15) is 0 Å². The summed E-state index contributed by atoms with van der Waals surface area (Å²) in [4.78, 5) is 35.2. The quantitative estimate of drug-likeness (QED) is 0.488. The van der Waals surface area contributed by atoms with Gasteiger partial charge in [0.1, 0.15) is 0 Å². The van der Waals surface area contributed by atoms with Crippen LogP contribution >= 0.6 is 0 Å². The highest BCUT2D eigenvalue weighted by molar-refractivity contribution is 5.98. The predicted molar refractivity (Wildman–Crippen MR) is 101 cm³/mol. The molecule has 0 radical (unpaired) electrons. The second kappa shape index (κ2) is 8.76. The average molecular weight is 351 g/mol. The smallest absolute Gasteiger partial charge is 0.331 e. The number of aryl methyl sites for hydroxylation is 1. The van der Waals surface area contributed by atoms with Crippen LogP contribution in [0.25, 0.3) is 6.08 Å². The monoisotopic (exact) mass is 351 g/mol. The Morgan fingerprint density at radius 2 is 1.77 bits per heavy atom. The van der Waals surface area contributed by atoms with Gasteiger partial charge in [-0.1, -0.05) is 29.8 Å². The van der Waals surface area contributed by atoms with Gasteiger partial charge in [-0.15, -0.1) is 0 Å². The van der Waals surface area contributed by atoms with Crippen LogP contribution in [0.1, 0.15) is 35.3 Å². The molecule has 0 unspecified atom stereocenters. The molecule has 0 aliphatic heterocycles. The van der Waals surface area contributed by atoms with Gasteiger partial charge >= 0.3 is 5.97 Å². The maximum absolute atomic E-state index is 12.1. The van der Waals surface area contributed by atoms with Crippen LogP contribution in [0.2, 0.25) is 0 Å². The summed E-state index contributed by atoms with van der Waals surface area (Å²) in [5, 5.41) is 2.64. The van der Waals surface area contributed by atoms with Gasteiger partial charge in [-0.05, 0) is 56.7 Å². The van der Waals surface area contributed by atoms with Crippen LogP contribution in [0.5, 0.6) is 0 Å². The van der Waals surface area contributed by atoms with E-state index in [4.69, 9.17) is 4.74 Å². The molecule has 26 heavy (non-hydrogen) atoms. The number of carbonyl (C=O) groups excluding carboxylic acids is 3. The first kappa shape index (κ1) is 19.1. The summed E-state index contributed by atoms with van der Waals surface area (Å²) < 4.78 is 5.11. The van der Waals surface area contributed by atoms with Crippen LogP contribution in [-0.4, -0.2) is 23.8 Å². The SMILES string of the molecule is CC(=O)c1ccc(NC(=O)[C@@H](C)OC(=O)/C=C/c2cccc(C)c2)cc1. The normalized spacial score (nSPS) is 11.8. The van der Waals surface area contributed by atoms with Crippen LogP contribution in [0.3, 0.4) is 0 Å². The van der Waals surface area contributed by atoms with E-state index in [0.29, 0.717) is 11.3 Å². The Bertz CT molecular complexity index is 837. The number of rotatable bonds is 6. The minimum Gasteiger partial charge on any atom is -0.449 e. The van der Waals surface area contributed by atoms with Crippen molar-refractivity contribution in [2.45, 2.75) is 26.9 Å². The Kier molecular flexibility index (Phi) is 6.44. The van der Waals surface area contributed by atoms with Gasteiger partial charge in [0.2, 0.25) is 0 Å². The van der Waals surface area contributed by atoms with E-state index in [1.54, 1.807) is 30.3 Å². The number of Topliss-reactive ketones (excluding diaryl/α,β-unsaturated/α-hetero) is 1. The third-order valence-electron chi connectivity index (χ3n) is 3.68. The van der Waals surface area contributed by atoms with Crippen molar-refractivity contribution in [1.29, 1.82) is 0 Å². The third-order valence-corrected chi connectivity index (χ3v) is 3.68. The molecule has 5 nitrogen and oxygen atoms in total. The summed E-state index contributed by atoms with van der Waals surface area (Å²) in [5.41, 5.74) is 3.05. The van der Waals surface area contributed by atoms with Gasteiger partial charge < -0.3 is 10.1 Å². The lowest BCUT2D eigenvalue weighted by atomic mass is 10.1. The number of carbonyl (C=O) groups is 3. The minimum absolute atomic E-state index is 0.0504. The van der Waals surface area contributed by atoms with Gasteiger partial charge in [0.25, 0.3) is 5.91 Å². The summed E-state index contributed by atoms with van der Waals surface area (Å²) in [7, 11) is 0. The zero-order valence-corrected chi connectivity index (χ0v) is 15.0. The lowest BCUT2D eigenvalue weighted by Gasteiger charge is -2.12. The molecule has 0 aromatic heterocycles. The van der Waals surface area contributed by atoms with Crippen molar-refractivity contribution in [1.82, 2.24) is 0 Å². The molecule has 0 saturated carbocycles. The highest BCUT2D eigenvalue weighted by Crippen LogP contribution is 2.11. The number of nitrogens with one attached hydrogen (secondary N) is 1. The molecule has 0 aliphatic carbocycles. The lowest BCUT2D eigenvalue weighted by molar-refractivity contribution is -0.148. The van der Waals surface area contributed by atoms with Crippen molar-refractivity contribution in [2.24, 2.45) is 0 Å². The van der Waals surface area contributed by atoms with E-state index in [1.165, 1.54) is 19.9 Å². The van der Waals surface area contributed by atoms with Gasteiger partial charge in [-0.25, -0.2) is 4.79 Å². The summed E-state index contributed by atoms with van der Waals surface area (Å²) in [6, 6.07) is 14.2. The number of hydrogen-bond acceptors (Lipinski definition) is 4. The Labute approximate surface area is 152 Å². The number of hydrogen-bond donors (Lipinski definition) is 1. The second-order valence-electron chi connectivity index (χ2n) is 5.95. The Morgan fingerprint density at radius 1 is 1.08 bits per heavy atom. The van der Waals surface area contributed by atoms with E-state index in [9.17, 15) is 14.4 Å². The van der Waals surface area contributed by atoms with Crippen LogP contribution in [0, 0.1) is 6.92 Å². The Morgan fingerprint density at radius 3 is 2.38 bits per heavy atom. The first-order valence-electron chi connectivity index (χ1n) is 8.22. The Balaban J connectivity index is 1.89. The fraction of sp³-hybridized carbons (Fsp3) is 0.190. The summed E-state index contributed by atoms with van der Waals surface area (Å²) in [5.74, 6) is -1.09. The maximum Gasteiger partial charge on any atom is 0.331 e. The van der Waals surface area contributed by atoms with Crippen molar-refractivity contribution in [2.75, 3.05) is 5.32 Å². The highest BCUT2D eigenvalue weighted by atomic mass is 16.5. The molecule has 5 heteroatoms. The van der Waals surface area contributed by atoms with Crippen molar-refractivity contribution >= 4 is 29.4 Å². The fourth-order valence-electron chi connectivity index (χ4n) is 2.24. The lowest BCUT2D eigenvalue weighted by Crippen LogP contribution is -2.29. The molecule has 1 N–H and O–H groups in total. The number of ketones is 1. The van der Waals surface area contributed by atoms with Crippen molar-refractivity contribution in [3.8, 4) is 0 Å². The molecular weight excluding hydrogens is 330 g/mol. The van der Waals surface area contributed by atoms with Crippen molar-refractivity contribution in [3.63, 3.8) is 0 Å². The highest BCUT2D eigenvalue weighted by Gasteiger charge is 2.16. The molecule has 1 atom stereocenters. The average Bonchev–Trinajstić information content (AvgIpc) is 2.60. The number of esters is 1. The molecular formula is C21H21NO4. The standard InChI is InChI=1S/C21H21NO4/c1-14-5-4-6-17(13-14)7-12-20(24)26-16(3)21(25)22-19-10-8-18(9-11-19)15(2)23/h4-13,16H,1-3H3,(H,22,25)/b12-7+/t16-/m1/s1. The minimum atomic E-state index is -0.947. The molecule has 0 bridgehead atoms. The third kappa shape index (κ3) is 5.70. The first-order valence-corrected chi connectivity index (χ1v) is 8.22. The molecule has 0 fully saturated rings. The van der Waals surface area contributed by atoms with Gasteiger partial charge in [0.05, 0.1) is 0 Å². The predicted octanol–water partition coefficient (Wildman–Crippen LogP) is 3.78. The number of ether oxygens (including phenoxy) is 1. The summed E-state index contributed by atoms with van der Waals surface area (Å²) in [6.07, 6.45) is 1.98. The number of amides is 1. The zero-order chi connectivity index (χ0) is 19.1.